The van der Waals surface area contributed by atoms with Gasteiger partial charge in [0.25, 0.3) is 5.91 Å². The number of hydrogen-bond donors (Lipinski definition) is 1. The van der Waals surface area contributed by atoms with Crippen molar-refractivity contribution in [2.45, 2.75) is 40.0 Å². The molecule has 8 heteroatoms. The fraction of sp³-hybridized carbons (Fsp3) is 0.286. The second-order valence-electron chi connectivity index (χ2n) is 6.46. The molecule has 1 N–H and O–H groups in total. The van der Waals surface area contributed by atoms with Crippen LogP contribution in [-0.2, 0) is 22.7 Å². The van der Waals surface area contributed by atoms with Crippen molar-refractivity contribution in [3.63, 3.8) is 0 Å². The van der Waals surface area contributed by atoms with E-state index in [1.165, 1.54) is 13.2 Å². The summed E-state index contributed by atoms with van der Waals surface area (Å²) in [5, 5.41) is 6.53. The molecule has 0 bridgehead atoms. The maximum Gasteiger partial charge on any atom is 0.338 e. The molecule has 0 aliphatic rings. The normalized spacial score (nSPS) is 11.7. The third kappa shape index (κ3) is 5.25. The number of benzene rings is 1. The molecule has 0 aliphatic carbocycles. The highest BCUT2D eigenvalue weighted by Crippen LogP contribution is 2.18. The molecule has 0 fully saturated rings. The van der Waals surface area contributed by atoms with Gasteiger partial charge in [-0.25, -0.2) is 4.79 Å². The van der Waals surface area contributed by atoms with E-state index in [1.807, 2.05) is 13.8 Å². The number of hydrogen-bond acceptors (Lipinski definition) is 7. The van der Waals surface area contributed by atoms with Crippen LogP contribution in [-0.4, -0.2) is 23.1 Å². The molecule has 1 amide bonds. The average molecular weight is 398 g/mol. The lowest BCUT2D eigenvalue weighted by molar-refractivity contribution is -0.129. The highest BCUT2D eigenvalue weighted by Gasteiger charge is 2.19. The van der Waals surface area contributed by atoms with E-state index in [0.717, 1.165) is 11.3 Å². The Morgan fingerprint density at radius 3 is 2.55 bits per heavy atom. The van der Waals surface area contributed by atoms with Gasteiger partial charge >= 0.3 is 5.97 Å². The SMILES string of the molecule is Cc1noc(C)c1COc1ccc(C(=O)O[C@@H](C)C(=O)NCc2ccco2)cc1. The number of nitrogens with zero attached hydrogens (tertiary/aromatic N) is 1. The molecule has 1 atom stereocenters. The zero-order valence-corrected chi connectivity index (χ0v) is 16.4. The first-order valence-corrected chi connectivity index (χ1v) is 9.09. The van der Waals surface area contributed by atoms with E-state index in [2.05, 4.69) is 10.5 Å². The number of ether oxygens (including phenoxy) is 2. The lowest BCUT2D eigenvalue weighted by Crippen LogP contribution is -2.35. The minimum absolute atomic E-state index is 0.227. The molecule has 0 saturated carbocycles. The molecule has 0 unspecified atom stereocenters. The Morgan fingerprint density at radius 1 is 1.17 bits per heavy atom. The van der Waals surface area contributed by atoms with Crippen LogP contribution < -0.4 is 10.1 Å². The molecule has 0 saturated heterocycles. The van der Waals surface area contributed by atoms with Gasteiger partial charge in [-0.15, -0.1) is 0 Å². The van der Waals surface area contributed by atoms with Gasteiger partial charge < -0.3 is 23.7 Å². The van der Waals surface area contributed by atoms with Crippen LogP contribution >= 0.6 is 0 Å². The number of esters is 1. The van der Waals surface area contributed by atoms with Crippen molar-refractivity contribution in [3.8, 4) is 5.75 Å². The summed E-state index contributed by atoms with van der Waals surface area (Å²) in [5.41, 5.74) is 1.99. The van der Waals surface area contributed by atoms with Gasteiger partial charge in [-0.2, -0.15) is 0 Å². The predicted octanol–water partition coefficient (Wildman–Crippen LogP) is 3.33. The van der Waals surface area contributed by atoms with Gasteiger partial charge in [-0.1, -0.05) is 5.16 Å². The number of amides is 1. The van der Waals surface area contributed by atoms with Crippen molar-refractivity contribution in [3.05, 3.63) is 71.0 Å². The van der Waals surface area contributed by atoms with Gasteiger partial charge in [0.2, 0.25) is 0 Å². The maximum absolute atomic E-state index is 12.3. The van der Waals surface area contributed by atoms with Crippen molar-refractivity contribution in [1.82, 2.24) is 10.5 Å². The molecule has 0 radical (unpaired) electrons. The molecule has 3 aromatic rings. The fourth-order valence-electron chi connectivity index (χ4n) is 2.56. The minimum atomic E-state index is -0.937. The topological polar surface area (TPSA) is 104 Å². The van der Waals surface area contributed by atoms with Crippen molar-refractivity contribution in [2.24, 2.45) is 0 Å². The van der Waals surface area contributed by atoms with E-state index >= 15 is 0 Å². The number of aromatic nitrogens is 1. The number of nitrogens with one attached hydrogen (secondary N) is 1. The van der Waals surface area contributed by atoms with E-state index < -0.39 is 18.0 Å². The third-order valence-electron chi connectivity index (χ3n) is 4.32. The molecule has 29 heavy (non-hydrogen) atoms. The van der Waals surface area contributed by atoms with Crippen LogP contribution in [0.3, 0.4) is 0 Å². The summed E-state index contributed by atoms with van der Waals surface area (Å²) in [6, 6.07) is 9.96. The Morgan fingerprint density at radius 2 is 1.93 bits per heavy atom. The number of carbonyl (C=O) groups excluding carboxylic acids is 2. The molecular formula is C21H22N2O6. The number of aryl methyl sites for hydroxylation is 2. The first kappa shape index (κ1) is 20.2. The monoisotopic (exact) mass is 398 g/mol. The Bertz CT molecular complexity index is 940. The molecule has 2 aromatic heterocycles. The molecule has 3 rings (SSSR count). The maximum atomic E-state index is 12.3. The molecule has 2 heterocycles. The van der Waals surface area contributed by atoms with E-state index in [0.29, 0.717) is 29.4 Å². The molecule has 0 aliphatic heterocycles. The molecule has 0 spiro atoms. The fourth-order valence-corrected chi connectivity index (χ4v) is 2.56. The van der Waals surface area contributed by atoms with Crippen LogP contribution in [0.1, 0.15) is 40.1 Å². The van der Waals surface area contributed by atoms with Gasteiger partial charge in [0.15, 0.2) is 6.10 Å². The van der Waals surface area contributed by atoms with Gasteiger partial charge in [0.1, 0.15) is 23.9 Å². The minimum Gasteiger partial charge on any atom is -0.489 e. The quantitative estimate of drug-likeness (QED) is 0.581. The third-order valence-corrected chi connectivity index (χ3v) is 4.32. The summed E-state index contributed by atoms with van der Waals surface area (Å²) in [4.78, 5) is 24.3. The predicted molar refractivity (Wildman–Crippen MR) is 102 cm³/mol. The smallest absolute Gasteiger partial charge is 0.338 e. The largest absolute Gasteiger partial charge is 0.489 e. The Hall–Kier alpha value is -3.55. The number of rotatable bonds is 8. The Labute approximate surface area is 167 Å². The molecular weight excluding hydrogens is 376 g/mol. The first-order valence-electron chi connectivity index (χ1n) is 9.09. The summed E-state index contributed by atoms with van der Waals surface area (Å²) in [5.74, 6) is 0.911. The van der Waals surface area contributed by atoms with E-state index in [4.69, 9.17) is 18.4 Å². The van der Waals surface area contributed by atoms with Gasteiger partial charge in [-0.05, 0) is 57.2 Å². The average Bonchev–Trinajstić information content (AvgIpc) is 3.35. The lowest BCUT2D eigenvalue weighted by atomic mass is 10.2. The van der Waals surface area contributed by atoms with Crippen molar-refractivity contribution < 1.29 is 28.0 Å². The summed E-state index contributed by atoms with van der Waals surface area (Å²) >= 11 is 0. The van der Waals surface area contributed by atoms with E-state index in [1.54, 1.807) is 36.4 Å². The van der Waals surface area contributed by atoms with Crippen LogP contribution in [0.2, 0.25) is 0 Å². The highest BCUT2D eigenvalue weighted by atomic mass is 16.5. The highest BCUT2D eigenvalue weighted by molar-refractivity contribution is 5.92. The van der Waals surface area contributed by atoms with Crippen LogP contribution in [0.25, 0.3) is 0 Å². The lowest BCUT2D eigenvalue weighted by Gasteiger charge is -2.13. The van der Waals surface area contributed by atoms with Crippen LogP contribution in [0.4, 0.5) is 0 Å². The Kier molecular flexibility index (Phi) is 6.33. The van der Waals surface area contributed by atoms with Crippen LogP contribution in [0, 0.1) is 13.8 Å². The van der Waals surface area contributed by atoms with E-state index in [-0.39, 0.29) is 6.54 Å². The van der Waals surface area contributed by atoms with Crippen LogP contribution in [0.5, 0.6) is 5.75 Å². The second-order valence-corrected chi connectivity index (χ2v) is 6.46. The number of furan rings is 1. The second kappa shape index (κ2) is 9.09. The van der Waals surface area contributed by atoms with Gasteiger partial charge in [0, 0.05) is 0 Å². The first-order chi connectivity index (χ1) is 13.9. The molecule has 1 aromatic carbocycles. The van der Waals surface area contributed by atoms with Crippen LogP contribution in [0.15, 0.2) is 51.6 Å². The summed E-state index contributed by atoms with van der Waals surface area (Å²) < 4.78 is 21.2. The molecule has 8 nitrogen and oxygen atoms in total. The van der Waals surface area contributed by atoms with Crippen molar-refractivity contribution in [1.29, 1.82) is 0 Å². The van der Waals surface area contributed by atoms with Gasteiger partial charge in [0.05, 0.1) is 29.6 Å². The van der Waals surface area contributed by atoms with Gasteiger partial charge in [-0.3, -0.25) is 4.79 Å². The zero-order valence-electron chi connectivity index (χ0n) is 16.4. The summed E-state index contributed by atoms with van der Waals surface area (Å²) in [6.45, 7) is 5.73. The summed E-state index contributed by atoms with van der Waals surface area (Å²) in [6.07, 6.45) is 0.583. The van der Waals surface area contributed by atoms with E-state index in [9.17, 15) is 9.59 Å². The standard InChI is InChI=1S/C21H22N2O6/c1-13-19(14(2)29-23-13)12-27-17-8-6-16(7-9-17)21(25)28-15(3)20(24)22-11-18-5-4-10-26-18/h4-10,15H,11-12H2,1-3H3,(H,22,24)/t15-/m0/s1. The zero-order chi connectivity index (χ0) is 20.8. The van der Waals surface area contributed by atoms with Crippen molar-refractivity contribution in [2.75, 3.05) is 0 Å². The Balaban J connectivity index is 1.49. The molecule has 152 valence electrons. The number of carbonyl (C=O) groups is 2. The van der Waals surface area contributed by atoms with Crippen molar-refractivity contribution >= 4 is 11.9 Å². The summed E-state index contributed by atoms with van der Waals surface area (Å²) in [7, 11) is 0.